The van der Waals surface area contributed by atoms with Crippen molar-refractivity contribution in [3.8, 4) is 0 Å². The molecular weight excluding hydrogens is 320 g/mol. The van der Waals surface area contributed by atoms with Crippen LogP contribution in [0.3, 0.4) is 0 Å². The molecule has 7 nitrogen and oxygen atoms in total. The van der Waals surface area contributed by atoms with Gasteiger partial charge in [0.25, 0.3) is 0 Å². The molecule has 3 rings (SSSR count). The minimum absolute atomic E-state index is 0.0461. The van der Waals surface area contributed by atoms with Crippen LogP contribution in [0.1, 0.15) is 56.2 Å². The summed E-state index contributed by atoms with van der Waals surface area (Å²) in [5, 5.41) is 4.09. The summed E-state index contributed by atoms with van der Waals surface area (Å²) in [5.41, 5.74) is 0. The smallest absolute Gasteiger partial charge is 0.319 e. The Kier molecular flexibility index (Phi) is 6.29. The third-order valence-corrected chi connectivity index (χ3v) is 5.21. The summed E-state index contributed by atoms with van der Waals surface area (Å²) in [6.07, 6.45) is 7.92. The highest BCUT2D eigenvalue weighted by atomic mass is 16.5. The zero-order valence-electron chi connectivity index (χ0n) is 15.4. The Morgan fingerprint density at radius 2 is 2.08 bits per heavy atom. The molecule has 0 radical (unpaired) electrons. The lowest BCUT2D eigenvalue weighted by molar-refractivity contribution is 0.102. The number of ether oxygens (including phenoxy) is 1. The number of carbonyl (C=O) groups excluding carboxylic acids is 1. The molecule has 1 aliphatic carbocycles. The second-order valence-corrected chi connectivity index (χ2v) is 7.49. The van der Waals surface area contributed by atoms with Crippen LogP contribution in [-0.4, -0.2) is 66.4 Å². The van der Waals surface area contributed by atoms with Gasteiger partial charge in [0.05, 0.1) is 12.5 Å². The number of aromatic nitrogens is 2. The molecule has 0 N–H and O–H groups in total. The van der Waals surface area contributed by atoms with E-state index in [9.17, 15) is 4.79 Å². The van der Waals surface area contributed by atoms with Crippen LogP contribution in [0, 0.1) is 5.92 Å². The van der Waals surface area contributed by atoms with Gasteiger partial charge in [-0.25, -0.2) is 4.79 Å². The van der Waals surface area contributed by atoms with E-state index in [1.165, 1.54) is 25.7 Å². The van der Waals surface area contributed by atoms with Gasteiger partial charge in [0.1, 0.15) is 0 Å². The molecule has 25 heavy (non-hydrogen) atoms. The largest absolute Gasteiger partial charge is 0.381 e. The number of piperidine rings is 1. The second kappa shape index (κ2) is 8.65. The van der Waals surface area contributed by atoms with Gasteiger partial charge in [-0.3, -0.25) is 0 Å². The third-order valence-electron chi connectivity index (χ3n) is 5.21. The highest BCUT2D eigenvalue weighted by Gasteiger charge is 2.29. The monoisotopic (exact) mass is 350 g/mol. The fourth-order valence-corrected chi connectivity index (χ4v) is 3.76. The van der Waals surface area contributed by atoms with E-state index in [1.54, 1.807) is 19.0 Å². The van der Waals surface area contributed by atoms with Gasteiger partial charge in [-0.15, -0.1) is 0 Å². The van der Waals surface area contributed by atoms with E-state index in [2.05, 4.69) is 10.1 Å². The van der Waals surface area contributed by atoms with Crippen LogP contribution in [0.2, 0.25) is 0 Å². The molecule has 1 saturated heterocycles. The number of nitrogens with zero attached hydrogens (tertiary/aromatic N) is 4. The highest BCUT2D eigenvalue weighted by molar-refractivity contribution is 5.74. The first-order chi connectivity index (χ1) is 12.1. The fraction of sp³-hybridized carbons (Fsp3) is 0.833. The molecule has 0 bridgehead atoms. The van der Waals surface area contributed by atoms with Crippen LogP contribution < -0.4 is 0 Å². The highest BCUT2D eigenvalue weighted by Crippen LogP contribution is 2.26. The normalized spacial score (nSPS) is 21.7. The summed E-state index contributed by atoms with van der Waals surface area (Å²) in [4.78, 5) is 20.1. The van der Waals surface area contributed by atoms with Crippen LogP contribution in [0.5, 0.6) is 0 Å². The minimum atomic E-state index is 0.0461. The first-order valence-corrected chi connectivity index (χ1v) is 9.50. The fourth-order valence-electron chi connectivity index (χ4n) is 3.76. The molecular formula is C18H30N4O3. The van der Waals surface area contributed by atoms with Crippen molar-refractivity contribution in [3.05, 3.63) is 11.7 Å². The topological polar surface area (TPSA) is 71.7 Å². The summed E-state index contributed by atoms with van der Waals surface area (Å²) in [7, 11) is 3.56. The van der Waals surface area contributed by atoms with E-state index in [4.69, 9.17) is 9.26 Å². The first-order valence-electron chi connectivity index (χ1n) is 9.50. The molecule has 2 aliphatic rings. The van der Waals surface area contributed by atoms with Gasteiger partial charge in [-0.1, -0.05) is 18.0 Å². The number of carbonyl (C=O) groups is 1. The number of likely N-dealkylation sites (tertiary alicyclic amines) is 1. The number of urea groups is 1. The average molecular weight is 350 g/mol. The lowest BCUT2D eigenvalue weighted by atomic mass is 9.98. The maximum absolute atomic E-state index is 12.1. The maximum atomic E-state index is 12.1. The number of rotatable bonds is 6. The average Bonchev–Trinajstić information content (AvgIpc) is 3.30. The molecule has 2 heterocycles. The van der Waals surface area contributed by atoms with Crippen LogP contribution in [0.15, 0.2) is 4.52 Å². The van der Waals surface area contributed by atoms with E-state index >= 15 is 0 Å². The Morgan fingerprint density at radius 3 is 2.84 bits per heavy atom. The van der Waals surface area contributed by atoms with E-state index in [-0.39, 0.29) is 11.9 Å². The maximum Gasteiger partial charge on any atom is 0.319 e. The lowest BCUT2D eigenvalue weighted by Crippen LogP contribution is -2.44. The van der Waals surface area contributed by atoms with Crippen molar-refractivity contribution in [2.24, 2.45) is 5.92 Å². The van der Waals surface area contributed by atoms with Gasteiger partial charge in [0, 0.05) is 40.2 Å². The van der Waals surface area contributed by atoms with E-state index in [1.807, 2.05) is 4.90 Å². The molecule has 0 aromatic carbocycles. The van der Waals surface area contributed by atoms with Crippen molar-refractivity contribution in [3.63, 3.8) is 0 Å². The zero-order chi connectivity index (χ0) is 17.6. The van der Waals surface area contributed by atoms with Crippen molar-refractivity contribution in [1.82, 2.24) is 19.9 Å². The van der Waals surface area contributed by atoms with E-state index in [0.29, 0.717) is 31.3 Å². The quantitative estimate of drug-likeness (QED) is 0.738. The van der Waals surface area contributed by atoms with Crippen molar-refractivity contribution >= 4 is 6.03 Å². The summed E-state index contributed by atoms with van der Waals surface area (Å²) in [6, 6.07) is 0.0461. The van der Waals surface area contributed by atoms with Crippen molar-refractivity contribution in [2.75, 3.05) is 40.4 Å². The van der Waals surface area contributed by atoms with Crippen LogP contribution in [-0.2, 0) is 11.2 Å². The lowest BCUT2D eigenvalue weighted by Gasteiger charge is -2.32. The number of amides is 2. The third kappa shape index (κ3) is 4.93. The first kappa shape index (κ1) is 18.2. The molecule has 1 saturated carbocycles. The Labute approximate surface area is 149 Å². The summed E-state index contributed by atoms with van der Waals surface area (Å²) in [5.74, 6) is 2.24. The Hall–Kier alpha value is -1.63. The summed E-state index contributed by atoms with van der Waals surface area (Å²) < 4.78 is 11.2. The Bertz CT molecular complexity index is 554. The molecule has 1 atom stereocenters. The van der Waals surface area contributed by atoms with Gasteiger partial charge < -0.3 is 19.1 Å². The second-order valence-electron chi connectivity index (χ2n) is 7.49. The molecule has 1 unspecified atom stereocenters. The summed E-state index contributed by atoms with van der Waals surface area (Å²) in [6.45, 7) is 2.95. The van der Waals surface area contributed by atoms with Crippen molar-refractivity contribution < 1.29 is 14.1 Å². The Morgan fingerprint density at radius 1 is 1.28 bits per heavy atom. The van der Waals surface area contributed by atoms with Gasteiger partial charge >= 0.3 is 6.03 Å². The molecule has 140 valence electrons. The molecule has 1 aromatic heterocycles. The van der Waals surface area contributed by atoms with Crippen LogP contribution >= 0.6 is 0 Å². The predicted octanol–water partition coefficient (Wildman–Crippen LogP) is 2.68. The molecule has 2 fully saturated rings. The van der Waals surface area contributed by atoms with Crippen LogP contribution in [0.4, 0.5) is 4.79 Å². The number of hydrogen-bond acceptors (Lipinski definition) is 5. The van der Waals surface area contributed by atoms with E-state index in [0.717, 1.165) is 31.9 Å². The predicted molar refractivity (Wildman–Crippen MR) is 93.4 cm³/mol. The molecule has 0 spiro atoms. The molecule has 1 aliphatic heterocycles. The summed E-state index contributed by atoms with van der Waals surface area (Å²) >= 11 is 0. The van der Waals surface area contributed by atoms with Crippen LogP contribution in [0.25, 0.3) is 0 Å². The van der Waals surface area contributed by atoms with Crippen molar-refractivity contribution in [1.29, 1.82) is 0 Å². The van der Waals surface area contributed by atoms with Gasteiger partial charge in [0.15, 0.2) is 5.82 Å². The van der Waals surface area contributed by atoms with Gasteiger partial charge in [-0.2, -0.15) is 4.98 Å². The number of hydrogen-bond donors (Lipinski definition) is 0. The molecule has 1 aromatic rings. The minimum Gasteiger partial charge on any atom is -0.381 e. The van der Waals surface area contributed by atoms with Gasteiger partial charge in [0.2, 0.25) is 5.89 Å². The molecule has 2 amide bonds. The SMILES string of the molecule is CN(C)C(=O)N1CCCC(c2nc(CCOCC3CCCC3)no2)C1. The zero-order valence-corrected chi connectivity index (χ0v) is 15.4. The van der Waals surface area contributed by atoms with E-state index < -0.39 is 0 Å². The van der Waals surface area contributed by atoms with Gasteiger partial charge in [-0.05, 0) is 31.6 Å². The standard InChI is InChI=1S/C18H30N4O3/c1-21(2)18(23)22-10-5-8-15(12-22)17-19-16(20-25-17)9-11-24-13-14-6-3-4-7-14/h14-15H,3-13H2,1-2H3. The Balaban J connectivity index is 1.44. The molecule has 7 heteroatoms. The van der Waals surface area contributed by atoms with Crippen molar-refractivity contribution in [2.45, 2.75) is 50.9 Å².